The fourth-order valence-electron chi connectivity index (χ4n) is 9.01. The molecule has 2 atom stereocenters. The zero-order chi connectivity index (χ0) is 61.2. The van der Waals surface area contributed by atoms with Crippen LogP contribution in [0.4, 0.5) is 0 Å². The van der Waals surface area contributed by atoms with Gasteiger partial charge in [-0.15, -0.1) is 0 Å². The van der Waals surface area contributed by atoms with Gasteiger partial charge in [-0.2, -0.15) is 0 Å². The maximum Gasteiger partial charge on any atom is 0.306 e. The van der Waals surface area contributed by atoms with E-state index in [1.54, 1.807) is 0 Å². The largest absolute Gasteiger partial charge is 0.545 e. The van der Waals surface area contributed by atoms with Crippen molar-refractivity contribution in [3.8, 4) is 0 Å². The van der Waals surface area contributed by atoms with Crippen LogP contribution in [0.25, 0.3) is 0 Å². The zero-order valence-corrected chi connectivity index (χ0v) is 54.5. The first-order chi connectivity index (χ1) is 41.1. The van der Waals surface area contributed by atoms with Crippen molar-refractivity contribution in [2.24, 2.45) is 0 Å². The second-order valence-corrected chi connectivity index (χ2v) is 23.4. The van der Waals surface area contributed by atoms with Crippen molar-refractivity contribution in [1.29, 1.82) is 0 Å². The molecule has 0 N–H and O–H groups in total. The standard InChI is InChI=1S/C75H125NO8/c1-6-8-10-12-14-16-18-20-22-24-26-28-30-31-32-33-34-35-36-37-38-39-40-41-42-43-44-46-48-50-52-54-56-58-60-62-64-66-73(78)84-71(70-83-75(74(79)80)81-68-67-76(3,4)5)69-82-72(77)65-63-61-59-57-55-53-51-49-47-45-29-27-25-23-21-19-17-15-13-11-9-7-2/h8,10,14,16,20,22,26,28,31-32,34-35,37-38,40-41,43-44,48,50,54,56,71,75H,6-7,9,11-13,15,17-19,21,23-25,27,29-30,33,36,39,42,45-47,49,51-53,55,57-70H2,1-5H3/b10-8-,16-14-,22-20-,28-26-,32-31-,35-34-,38-37-,41-40-,44-43-,50-48-,56-54-. The smallest absolute Gasteiger partial charge is 0.306 e. The molecule has 0 amide bonds. The highest BCUT2D eigenvalue weighted by Crippen LogP contribution is 2.17. The second-order valence-electron chi connectivity index (χ2n) is 23.4. The third kappa shape index (κ3) is 65.0. The normalized spacial score (nSPS) is 13.6. The van der Waals surface area contributed by atoms with Crippen molar-refractivity contribution in [3.05, 3.63) is 134 Å². The molecular formula is C75H125NO8. The highest BCUT2D eigenvalue weighted by atomic mass is 16.7. The van der Waals surface area contributed by atoms with E-state index >= 15 is 0 Å². The zero-order valence-electron chi connectivity index (χ0n) is 54.5. The van der Waals surface area contributed by atoms with Crippen LogP contribution in [0.3, 0.4) is 0 Å². The molecule has 0 aliphatic carbocycles. The van der Waals surface area contributed by atoms with Gasteiger partial charge in [-0.05, 0) is 96.3 Å². The number of esters is 2. The number of aliphatic carboxylic acids is 1. The second kappa shape index (κ2) is 64.4. The Hall–Kier alpha value is -4.57. The lowest BCUT2D eigenvalue weighted by Gasteiger charge is -2.26. The summed E-state index contributed by atoms with van der Waals surface area (Å²) in [6.07, 6.45) is 89.5. The molecule has 0 saturated carbocycles. The number of quaternary nitrogens is 1. The molecule has 0 heterocycles. The predicted octanol–water partition coefficient (Wildman–Crippen LogP) is 19.6. The Morgan fingerprint density at radius 2 is 0.679 bits per heavy atom. The minimum Gasteiger partial charge on any atom is -0.545 e. The number of hydrogen-bond acceptors (Lipinski definition) is 8. The SMILES string of the molecule is CC/C=C\C/C=C\C/C=C\C/C=C\C/C=C\C/C=C\C/C=C\C/C=C\C/C=C\C/C=C\C/C=C\CCCCCC(=O)OC(COC(=O)CCCCCCCCCCCCCCCCCCCCCCCC)COC(OCC[N+](C)(C)C)C(=O)[O-]. The van der Waals surface area contributed by atoms with Crippen LogP contribution < -0.4 is 5.11 Å². The van der Waals surface area contributed by atoms with Crippen molar-refractivity contribution in [3.63, 3.8) is 0 Å². The number of hydrogen-bond donors (Lipinski definition) is 0. The van der Waals surface area contributed by atoms with Gasteiger partial charge in [0.25, 0.3) is 0 Å². The lowest BCUT2D eigenvalue weighted by atomic mass is 10.0. The molecule has 0 aromatic heterocycles. The summed E-state index contributed by atoms with van der Waals surface area (Å²) in [4.78, 5) is 37.4. The van der Waals surface area contributed by atoms with E-state index in [1.807, 2.05) is 21.1 Å². The Kier molecular flexibility index (Phi) is 60.9. The quantitative estimate of drug-likeness (QED) is 0.0195. The van der Waals surface area contributed by atoms with Gasteiger partial charge in [-0.25, -0.2) is 0 Å². The number of unbranched alkanes of at least 4 members (excludes halogenated alkanes) is 24. The van der Waals surface area contributed by atoms with Crippen LogP contribution in [0, 0.1) is 0 Å². The highest BCUT2D eigenvalue weighted by molar-refractivity contribution is 5.70. The monoisotopic (exact) mass is 1170 g/mol. The first kappa shape index (κ1) is 79.4. The molecule has 0 rings (SSSR count). The van der Waals surface area contributed by atoms with Crippen LogP contribution in [0.1, 0.15) is 264 Å². The van der Waals surface area contributed by atoms with Gasteiger partial charge in [-0.1, -0.05) is 289 Å². The minimum atomic E-state index is -1.64. The summed E-state index contributed by atoms with van der Waals surface area (Å²) >= 11 is 0. The molecule has 0 fully saturated rings. The van der Waals surface area contributed by atoms with E-state index in [0.717, 1.165) is 109 Å². The molecule has 84 heavy (non-hydrogen) atoms. The van der Waals surface area contributed by atoms with Crippen LogP contribution in [0.2, 0.25) is 0 Å². The molecule has 0 saturated heterocycles. The fraction of sp³-hybridized carbons (Fsp3) is 0.667. The molecule has 0 aromatic rings. The van der Waals surface area contributed by atoms with Crippen LogP contribution in [0.15, 0.2) is 134 Å². The summed E-state index contributed by atoms with van der Waals surface area (Å²) in [7, 11) is 5.91. The van der Waals surface area contributed by atoms with Crippen molar-refractivity contribution < 1.29 is 42.9 Å². The van der Waals surface area contributed by atoms with E-state index < -0.39 is 24.3 Å². The van der Waals surface area contributed by atoms with Gasteiger partial charge in [0.1, 0.15) is 13.2 Å². The lowest BCUT2D eigenvalue weighted by molar-refractivity contribution is -0.870. The van der Waals surface area contributed by atoms with Crippen LogP contribution in [-0.2, 0) is 33.3 Å². The van der Waals surface area contributed by atoms with Gasteiger partial charge >= 0.3 is 11.9 Å². The number of likely N-dealkylation sites (N-methyl/N-ethyl adjacent to an activating group) is 1. The van der Waals surface area contributed by atoms with E-state index in [0.29, 0.717) is 17.4 Å². The number of carbonyl (C=O) groups is 3. The van der Waals surface area contributed by atoms with E-state index in [4.69, 9.17) is 18.9 Å². The molecule has 0 aliphatic rings. The van der Waals surface area contributed by atoms with Gasteiger partial charge in [0.05, 0.1) is 40.3 Å². The molecule has 2 unspecified atom stereocenters. The van der Waals surface area contributed by atoms with Gasteiger partial charge < -0.3 is 33.3 Å². The van der Waals surface area contributed by atoms with E-state index in [-0.39, 0.29) is 38.6 Å². The molecule has 9 heteroatoms. The van der Waals surface area contributed by atoms with E-state index in [9.17, 15) is 19.5 Å². The highest BCUT2D eigenvalue weighted by Gasteiger charge is 2.22. The summed E-state index contributed by atoms with van der Waals surface area (Å²) in [5, 5.41) is 11.8. The number of nitrogens with zero attached hydrogens (tertiary/aromatic N) is 1. The predicted molar refractivity (Wildman–Crippen MR) is 356 cm³/mol. The summed E-state index contributed by atoms with van der Waals surface area (Å²) in [6.45, 7) is 4.61. The molecule has 0 bridgehead atoms. The molecule has 0 spiro atoms. The number of carboxylic acid groups (broad SMARTS) is 1. The fourth-order valence-corrected chi connectivity index (χ4v) is 9.01. The molecule has 0 aliphatic heterocycles. The number of allylic oxidation sites excluding steroid dienone is 22. The summed E-state index contributed by atoms with van der Waals surface area (Å²) in [5.41, 5.74) is 0. The van der Waals surface area contributed by atoms with E-state index in [2.05, 4.69) is 148 Å². The van der Waals surface area contributed by atoms with Crippen LogP contribution >= 0.6 is 0 Å². The topological polar surface area (TPSA) is 111 Å². The average molecular weight is 1170 g/mol. The van der Waals surface area contributed by atoms with Gasteiger partial charge in [0.2, 0.25) is 0 Å². The van der Waals surface area contributed by atoms with E-state index in [1.165, 1.54) is 122 Å². The summed E-state index contributed by atoms with van der Waals surface area (Å²) < 4.78 is 22.7. The first-order valence-electron chi connectivity index (χ1n) is 33.8. The van der Waals surface area contributed by atoms with Crippen molar-refractivity contribution in [2.75, 3.05) is 47.5 Å². The van der Waals surface area contributed by atoms with Crippen LogP contribution in [-0.4, -0.2) is 82.3 Å². The lowest BCUT2D eigenvalue weighted by Crippen LogP contribution is -2.44. The maximum atomic E-state index is 12.9. The molecule has 0 aromatic carbocycles. The molecule has 9 nitrogen and oxygen atoms in total. The van der Waals surface area contributed by atoms with Crippen molar-refractivity contribution in [2.45, 2.75) is 277 Å². The average Bonchev–Trinajstić information content (AvgIpc) is 3.55. The summed E-state index contributed by atoms with van der Waals surface area (Å²) in [5.74, 6) is -2.33. The third-order valence-electron chi connectivity index (χ3n) is 14.2. The molecule has 478 valence electrons. The van der Waals surface area contributed by atoms with Crippen LogP contribution in [0.5, 0.6) is 0 Å². The Morgan fingerprint density at radius 1 is 0.369 bits per heavy atom. The van der Waals surface area contributed by atoms with Gasteiger partial charge in [0, 0.05) is 12.8 Å². The Balaban J connectivity index is 4.26. The minimum absolute atomic E-state index is 0.135. The first-order valence-corrected chi connectivity index (χ1v) is 33.8. The van der Waals surface area contributed by atoms with Crippen molar-refractivity contribution in [1.82, 2.24) is 0 Å². The number of rotatable bonds is 61. The number of carboxylic acids is 1. The van der Waals surface area contributed by atoms with Gasteiger partial charge in [0.15, 0.2) is 12.4 Å². The van der Waals surface area contributed by atoms with Gasteiger partial charge in [-0.3, -0.25) is 9.59 Å². The number of carbonyl (C=O) groups excluding carboxylic acids is 3. The Morgan fingerprint density at radius 3 is 1.01 bits per heavy atom. The number of ether oxygens (including phenoxy) is 4. The Bertz CT molecular complexity index is 1840. The molecule has 0 radical (unpaired) electrons. The van der Waals surface area contributed by atoms with Crippen molar-refractivity contribution >= 4 is 17.9 Å². The third-order valence-corrected chi connectivity index (χ3v) is 14.2. The summed E-state index contributed by atoms with van der Waals surface area (Å²) in [6, 6.07) is 0. The Labute approximate surface area is 516 Å². The maximum absolute atomic E-state index is 12.9. The molecular weight excluding hydrogens is 1040 g/mol.